The summed E-state index contributed by atoms with van der Waals surface area (Å²) in [6.07, 6.45) is 5.90. The number of carbonyl (C=O) groups excluding carboxylic acids is 2. The summed E-state index contributed by atoms with van der Waals surface area (Å²) in [4.78, 5) is 29.8. The molecule has 0 aliphatic carbocycles. The number of aryl methyl sites for hydroxylation is 4. The van der Waals surface area contributed by atoms with Crippen molar-refractivity contribution in [3.8, 4) is 0 Å². The Morgan fingerprint density at radius 2 is 1.08 bits per heavy atom. The first-order valence-corrected chi connectivity index (χ1v) is 13.1. The third kappa shape index (κ3) is 4.94. The molecule has 2 aliphatic rings. The van der Waals surface area contributed by atoms with E-state index in [-0.39, 0.29) is 12.1 Å². The Kier molecular flexibility index (Phi) is 6.94. The minimum atomic E-state index is -0.131. The smallest absolute Gasteiger partial charge is 0.308 e. The van der Waals surface area contributed by atoms with Crippen LogP contribution < -0.4 is 20.4 Å². The third-order valence-electron chi connectivity index (χ3n) is 7.22. The van der Waals surface area contributed by atoms with Gasteiger partial charge >= 0.3 is 12.1 Å². The van der Waals surface area contributed by atoms with E-state index in [1.54, 1.807) is 0 Å². The number of amides is 4. The van der Waals surface area contributed by atoms with Gasteiger partial charge in [0.25, 0.3) is 0 Å². The number of urea groups is 2. The van der Waals surface area contributed by atoms with E-state index in [2.05, 4.69) is 60.9 Å². The minimum Gasteiger partial charge on any atom is -0.308 e. The lowest BCUT2D eigenvalue weighted by atomic mass is 9.98. The van der Waals surface area contributed by atoms with E-state index < -0.39 is 0 Å². The zero-order valence-electron chi connectivity index (χ0n) is 21.1. The lowest BCUT2D eigenvalue weighted by Gasteiger charge is -2.30. The van der Waals surface area contributed by atoms with E-state index in [9.17, 15) is 9.59 Å². The second kappa shape index (κ2) is 10.4. The van der Waals surface area contributed by atoms with E-state index in [1.165, 1.54) is 22.3 Å². The maximum atomic E-state index is 13.1. The van der Waals surface area contributed by atoms with Gasteiger partial charge in [0.2, 0.25) is 0 Å². The summed E-state index contributed by atoms with van der Waals surface area (Å²) >= 11 is 0. The van der Waals surface area contributed by atoms with Crippen LogP contribution in [-0.2, 0) is 25.7 Å². The molecule has 3 aromatic carbocycles. The zero-order valence-corrected chi connectivity index (χ0v) is 21.1. The number of fused-ring (bicyclic) bond motifs is 2. The lowest BCUT2D eigenvalue weighted by Crippen LogP contribution is -2.39. The lowest BCUT2D eigenvalue weighted by molar-refractivity contribution is 0.255. The number of nitrogens with one attached hydrogen (secondary N) is 2. The van der Waals surface area contributed by atoms with E-state index in [4.69, 9.17) is 0 Å². The molecule has 0 saturated carbocycles. The van der Waals surface area contributed by atoms with Crippen LogP contribution in [0.25, 0.3) is 0 Å². The number of carbonyl (C=O) groups is 2. The summed E-state index contributed by atoms with van der Waals surface area (Å²) in [7, 11) is 0. The molecule has 2 N–H and O–H groups in total. The fourth-order valence-corrected chi connectivity index (χ4v) is 5.18. The van der Waals surface area contributed by atoms with Crippen LogP contribution in [0.15, 0.2) is 60.7 Å². The second-order valence-electron chi connectivity index (χ2n) is 9.58. The van der Waals surface area contributed by atoms with Gasteiger partial charge in [-0.2, -0.15) is 0 Å². The minimum absolute atomic E-state index is 0.131. The van der Waals surface area contributed by atoms with Crippen molar-refractivity contribution in [1.82, 2.24) is 0 Å². The summed E-state index contributed by atoms with van der Waals surface area (Å²) in [5, 5.41) is 6.03. The largest absolute Gasteiger partial charge is 0.326 e. The molecule has 0 aromatic heterocycles. The molecule has 6 nitrogen and oxygen atoms in total. The Morgan fingerprint density at radius 3 is 1.47 bits per heavy atom. The molecular weight excluding hydrogens is 448 g/mol. The molecular formula is C30H34N4O2. The summed E-state index contributed by atoms with van der Waals surface area (Å²) < 4.78 is 0. The van der Waals surface area contributed by atoms with Gasteiger partial charge in [0.1, 0.15) is 0 Å². The first kappa shape index (κ1) is 23.9. The van der Waals surface area contributed by atoms with Gasteiger partial charge in [0, 0.05) is 35.8 Å². The van der Waals surface area contributed by atoms with E-state index in [0.29, 0.717) is 24.5 Å². The van der Waals surface area contributed by atoms with Gasteiger partial charge in [-0.3, -0.25) is 9.80 Å². The summed E-state index contributed by atoms with van der Waals surface area (Å²) in [6, 6.07) is 19.8. The summed E-state index contributed by atoms with van der Waals surface area (Å²) in [5.41, 5.74) is 8.45. The third-order valence-corrected chi connectivity index (χ3v) is 7.22. The van der Waals surface area contributed by atoms with Crippen molar-refractivity contribution < 1.29 is 9.59 Å². The maximum absolute atomic E-state index is 13.1. The highest BCUT2D eigenvalue weighted by Gasteiger charge is 2.24. The van der Waals surface area contributed by atoms with Crippen LogP contribution in [-0.4, -0.2) is 25.2 Å². The van der Waals surface area contributed by atoms with E-state index in [1.807, 2.05) is 34.1 Å². The van der Waals surface area contributed by atoms with Crippen LogP contribution >= 0.6 is 0 Å². The molecule has 36 heavy (non-hydrogen) atoms. The molecule has 0 saturated heterocycles. The number of nitrogens with zero attached hydrogens (tertiary/aromatic N) is 2. The first-order valence-electron chi connectivity index (χ1n) is 13.1. The van der Waals surface area contributed by atoms with Gasteiger partial charge in [-0.1, -0.05) is 38.1 Å². The number of hydrogen-bond donors (Lipinski definition) is 2. The molecule has 4 amide bonds. The van der Waals surface area contributed by atoms with E-state index >= 15 is 0 Å². The monoisotopic (exact) mass is 482 g/mol. The molecule has 0 bridgehead atoms. The Morgan fingerprint density at radius 1 is 0.667 bits per heavy atom. The van der Waals surface area contributed by atoms with Crippen molar-refractivity contribution in [2.45, 2.75) is 52.4 Å². The Bertz CT molecular complexity index is 1170. The number of hydrogen-bond acceptors (Lipinski definition) is 2. The second-order valence-corrected chi connectivity index (χ2v) is 9.58. The average Bonchev–Trinajstić information content (AvgIpc) is 2.92. The van der Waals surface area contributed by atoms with Crippen LogP contribution in [0, 0.1) is 0 Å². The van der Waals surface area contributed by atoms with Crippen molar-refractivity contribution in [1.29, 1.82) is 0 Å². The SMILES string of the molecule is CCc1ccc2c(c1)CCCN2C(=O)Nc1ccc(NC(=O)N2CCCc3cc(CC)ccc32)cc1. The molecule has 2 heterocycles. The molecule has 0 unspecified atom stereocenters. The molecule has 2 aliphatic heterocycles. The zero-order chi connectivity index (χ0) is 25.1. The summed E-state index contributed by atoms with van der Waals surface area (Å²) in [6.45, 7) is 5.70. The van der Waals surface area contributed by atoms with Crippen LogP contribution in [0.3, 0.4) is 0 Å². The molecule has 0 spiro atoms. The van der Waals surface area contributed by atoms with Gasteiger partial charge < -0.3 is 10.6 Å². The molecule has 0 fully saturated rings. The number of rotatable bonds is 4. The number of anilines is 4. The topological polar surface area (TPSA) is 64.7 Å². The quantitative estimate of drug-likeness (QED) is 0.430. The van der Waals surface area contributed by atoms with Crippen molar-refractivity contribution >= 4 is 34.8 Å². The predicted octanol–water partition coefficient (Wildman–Crippen LogP) is 6.78. The fourth-order valence-electron chi connectivity index (χ4n) is 5.18. The van der Waals surface area contributed by atoms with Gasteiger partial charge in [-0.15, -0.1) is 0 Å². The molecule has 3 aromatic rings. The first-order chi connectivity index (χ1) is 17.6. The maximum Gasteiger partial charge on any atom is 0.326 e. The average molecular weight is 483 g/mol. The van der Waals surface area contributed by atoms with Crippen molar-refractivity contribution in [2.75, 3.05) is 33.5 Å². The van der Waals surface area contributed by atoms with Crippen LogP contribution in [0.5, 0.6) is 0 Å². The van der Waals surface area contributed by atoms with Crippen molar-refractivity contribution in [2.24, 2.45) is 0 Å². The molecule has 186 valence electrons. The number of benzene rings is 3. The van der Waals surface area contributed by atoms with Crippen molar-refractivity contribution in [3.63, 3.8) is 0 Å². The Balaban J connectivity index is 1.23. The van der Waals surface area contributed by atoms with Gasteiger partial charge in [0.15, 0.2) is 0 Å². The predicted molar refractivity (Wildman–Crippen MR) is 147 cm³/mol. The standard InChI is InChI=1S/C30H34N4O2/c1-3-21-9-15-27-23(19-21)7-5-17-33(27)29(35)31-25-11-13-26(14-12-25)32-30(36)34-18-6-8-24-20-22(4-2)10-16-28(24)34/h9-16,19-20H,3-8,17-18H2,1-2H3,(H,31,35)(H,32,36). The molecule has 0 radical (unpaired) electrons. The van der Waals surface area contributed by atoms with Gasteiger partial charge in [-0.25, -0.2) is 9.59 Å². The Labute approximate surface area is 213 Å². The van der Waals surface area contributed by atoms with Gasteiger partial charge in [0.05, 0.1) is 0 Å². The molecule has 5 rings (SSSR count). The van der Waals surface area contributed by atoms with Gasteiger partial charge in [-0.05, 0) is 97.2 Å². The van der Waals surface area contributed by atoms with Crippen LogP contribution in [0.4, 0.5) is 32.3 Å². The molecule has 6 heteroatoms. The Hall–Kier alpha value is -3.80. The summed E-state index contributed by atoms with van der Waals surface area (Å²) in [5.74, 6) is 0. The fraction of sp³-hybridized carbons (Fsp3) is 0.333. The van der Waals surface area contributed by atoms with Crippen molar-refractivity contribution in [3.05, 3.63) is 82.9 Å². The van der Waals surface area contributed by atoms with Crippen LogP contribution in [0.2, 0.25) is 0 Å². The van der Waals surface area contributed by atoms with Crippen LogP contribution in [0.1, 0.15) is 48.9 Å². The highest BCUT2D eigenvalue weighted by atomic mass is 16.2. The van der Waals surface area contributed by atoms with E-state index in [0.717, 1.165) is 49.9 Å². The highest BCUT2D eigenvalue weighted by molar-refractivity contribution is 6.04. The molecule has 0 atom stereocenters. The highest BCUT2D eigenvalue weighted by Crippen LogP contribution is 2.30. The normalized spacial score (nSPS) is 14.6.